The molecule has 1 aliphatic rings. The molecule has 0 saturated carbocycles. The maximum atomic E-state index is 10.4. The summed E-state index contributed by atoms with van der Waals surface area (Å²) in [6, 6.07) is 10.3. The zero-order valence-corrected chi connectivity index (χ0v) is 10.8. The topological polar surface area (TPSA) is 20.2 Å². The van der Waals surface area contributed by atoms with Crippen molar-refractivity contribution in [1.29, 1.82) is 0 Å². The quantitative estimate of drug-likeness (QED) is 0.874. The zero-order valence-electron chi connectivity index (χ0n) is 9.27. The highest BCUT2D eigenvalue weighted by molar-refractivity contribution is 7.10. The van der Waals surface area contributed by atoms with Crippen molar-refractivity contribution in [2.24, 2.45) is 5.92 Å². The van der Waals surface area contributed by atoms with Crippen molar-refractivity contribution < 1.29 is 5.11 Å². The molecule has 0 saturated heterocycles. The standard InChI is InChI=1S/C14H13ClOS/c15-12-5-6-17-14(12)13(16)11-7-9-3-1-2-4-10(9)8-11/h1-6,11,13,16H,7-8H2. The molecule has 3 rings (SSSR count). The molecule has 1 aromatic heterocycles. The molecule has 88 valence electrons. The van der Waals surface area contributed by atoms with E-state index in [0.717, 1.165) is 17.7 Å². The Hall–Kier alpha value is -0.830. The number of fused-ring (bicyclic) bond motifs is 1. The van der Waals surface area contributed by atoms with Crippen LogP contribution in [0.15, 0.2) is 35.7 Å². The Kier molecular flexibility index (Phi) is 2.95. The van der Waals surface area contributed by atoms with Gasteiger partial charge in [-0.2, -0.15) is 0 Å². The number of halogens is 1. The summed E-state index contributed by atoms with van der Waals surface area (Å²) in [5.41, 5.74) is 2.73. The third-order valence-corrected chi connectivity index (χ3v) is 4.87. The van der Waals surface area contributed by atoms with Gasteiger partial charge in [0.25, 0.3) is 0 Å². The first-order chi connectivity index (χ1) is 8.25. The van der Waals surface area contributed by atoms with Crippen LogP contribution in [0.5, 0.6) is 0 Å². The molecule has 0 fully saturated rings. The highest BCUT2D eigenvalue weighted by Gasteiger charge is 2.29. The van der Waals surface area contributed by atoms with E-state index >= 15 is 0 Å². The fourth-order valence-electron chi connectivity index (χ4n) is 2.55. The number of thiophene rings is 1. The molecule has 1 heterocycles. The molecule has 0 bridgehead atoms. The molecular formula is C14H13ClOS. The second-order valence-corrected chi connectivity index (χ2v) is 5.87. The summed E-state index contributed by atoms with van der Waals surface area (Å²) in [5.74, 6) is 0.267. The third-order valence-electron chi connectivity index (χ3n) is 3.44. The number of rotatable bonds is 2. The lowest BCUT2D eigenvalue weighted by Crippen LogP contribution is -2.11. The van der Waals surface area contributed by atoms with Crippen LogP contribution in [0.1, 0.15) is 22.1 Å². The molecule has 1 nitrogen and oxygen atoms in total. The highest BCUT2D eigenvalue weighted by atomic mass is 35.5. The summed E-state index contributed by atoms with van der Waals surface area (Å²) in [6.07, 6.45) is 1.46. The van der Waals surface area contributed by atoms with Gasteiger partial charge in [0.15, 0.2) is 0 Å². The predicted molar refractivity (Wildman–Crippen MR) is 71.6 cm³/mol. The Balaban J connectivity index is 1.83. The van der Waals surface area contributed by atoms with Gasteiger partial charge >= 0.3 is 0 Å². The number of benzene rings is 1. The zero-order chi connectivity index (χ0) is 11.8. The predicted octanol–water partition coefficient (Wildman–Crippen LogP) is 3.85. The lowest BCUT2D eigenvalue weighted by molar-refractivity contribution is 0.117. The molecule has 1 atom stereocenters. The van der Waals surface area contributed by atoms with Crippen molar-refractivity contribution >= 4 is 22.9 Å². The van der Waals surface area contributed by atoms with Gasteiger partial charge in [0.2, 0.25) is 0 Å². The average Bonchev–Trinajstić information content (AvgIpc) is 2.93. The van der Waals surface area contributed by atoms with Crippen LogP contribution in [-0.4, -0.2) is 5.11 Å². The van der Waals surface area contributed by atoms with E-state index in [9.17, 15) is 5.11 Å². The van der Waals surface area contributed by atoms with Gasteiger partial charge in [-0.25, -0.2) is 0 Å². The molecule has 1 unspecified atom stereocenters. The number of hydrogen-bond donors (Lipinski definition) is 1. The minimum atomic E-state index is -0.435. The van der Waals surface area contributed by atoms with Crippen LogP contribution in [0.3, 0.4) is 0 Å². The molecular weight excluding hydrogens is 252 g/mol. The lowest BCUT2D eigenvalue weighted by atomic mass is 9.98. The van der Waals surface area contributed by atoms with E-state index in [1.54, 1.807) is 11.3 Å². The smallest absolute Gasteiger partial charge is 0.0931 e. The molecule has 2 aromatic rings. The highest BCUT2D eigenvalue weighted by Crippen LogP contribution is 2.39. The molecule has 1 aromatic carbocycles. The van der Waals surface area contributed by atoms with Gasteiger partial charge in [0.1, 0.15) is 0 Å². The largest absolute Gasteiger partial charge is 0.387 e. The van der Waals surface area contributed by atoms with Crippen molar-refractivity contribution in [3.05, 3.63) is 56.7 Å². The summed E-state index contributed by atoms with van der Waals surface area (Å²) >= 11 is 7.62. The summed E-state index contributed by atoms with van der Waals surface area (Å²) in [7, 11) is 0. The molecule has 0 radical (unpaired) electrons. The van der Waals surface area contributed by atoms with Gasteiger partial charge < -0.3 is 5.11 Å². The minimum Gasteiger partial charge on any atom is -0.387 e. The van der Waals surface area contributed by atoms with Gasteiger partial charge in [0.05, 0.1) is 16.0 Å². The molecule has 3 heteroatoms. The van der Waals surface area contributed by atoms with Crippen LogP contribution in [-0.2, 0) is 12.8 Å². The molecule has 1 N–H and O–H groups in total. The van der Waals surface area contributed by atoms with Gasteiger partial charge in [0, 0.05) is 0 Å². The van der Waals surface area contributed by atoms with Crippen LogP contribution in [0, 0.1) is 5.92 Å². The van der Waals surface area contributed by atoms with Crippen molar-refractivity contribution in [3.8, 4) is 0 Å². The van der Waals surface area contributed by atoms with Crippen molar-refractivity contribution in [2.75, 3.05) is 0 Å². The number of aliphatic hydroxyl groups excluding tert-OH is 1. The van der Waals surface area contributed by atoms with Crippen molar-refractivity contribution in [1.82, 2.24) is 0 Å². The SMILES string of the molecule is OC(c1sccc1Cl)C1Cc2ccccc2C1. The van der Waals surface area contributed by atoms with Crippen molar-refractivity contribution in [2.45, 2.75) is 18.9 Å². The Morgan fingerprint density at radius 1 is 1.18 bits per heavy atom. The Labute approximate surface area is 110 Å². The van der Waals surface area contributed by atoms with Gasteiger partial charge in [-0.15, -0.1) is 11.3 Å². The first-order valence-electron chi connectivity index (χ1n) is 5.73. The van der Waals surface area contributed by atoms with Crippen LogP contribution < -0.4 is 0 Å². The van der Waals surface area contributed by atoms with Gasteiger partial charge in [-0.1, -0.05) is 35.9 Å². The summed E-state index contributed by atoms with van der Waals surface area (Å²) in [6.45, 7) is 0. The average molecular weight is 265 g/mol. The fraction of sp³-hybridized carbons (Fsp3) is 0.286. The number of hydrogen-bond acceptors (Lipinski definition) is 2. The van der Waals surface area contributed by atoms with Gasteiger partial charge in [-0.05, 0) is 41.3 Å². The Morgan fingerprint density at radius 2 is 1.82 bits per heavy atom. The summed E-state index contributed by atoms with van der Waals surface area (Å²) in [5, 5.41) is 13.0. The normalized spacial score (nSPS) is 17.1. The van der Waals surface area contributed by atoms with Crippen LogP contribution in [0.2, 0.25) is 5.02 Å². The van der Waals surface area contributed by atoms with E-state index in [1.165, 1.54) is 11.1 Å². The minimum absolute atomic E-state index is 0.267. The summed E-state index contributed by atoms with van der Waals surface area (Å²) < 4.78 is 0. The monoisotopic (exact) mass is 264 g/mol. The van der Waals surface area contributed by atoms with Crippen LogP contribution in [0.25, 0.3) is 0 Å². The first kappa shape index (κ1) is 11.3. The van der Waals surface area contributed by atoms with Gasteiger partial charge in [-0.3, -0.25) is 0 Å². The maximum absolute atomic E-state index is 10.4. The second kappa shape index (κ2) is 4.45. The number of aliphatic hydroxyl groups is 1. The molecule has 17 heavy (non-hydrogen) atoms. The fourth-order valence-corrected chi connectivity index (χ4v) is 3.79. The molecule has 0 aliphatic heterocycles. The lowest BCUT2D eigenvalue weighted by Gasteiger charge is -2.16. The van der Waals surface area contributed by atoms with E-state index in [-0.39, 0.29) is 5.92 Å². The maximum Gasteiger partial charge on any atom is 0.0931 e. The van der Waals surface area contributed by atoms with Crippen molar-refractivity contribution in [3.63, 3.8) is 0 Å². The Bertz CT molecular complexity index is 510. The Morgan fingerprint density at radius 3 is 2.35 bits per heavy atom. The van der Waals surface area contributed by atoms with E-state index in [2.05, 4.69) is 24.3 Å². The van der Waals surface area contributed by atoms with E-state index in [1.807, 2.05) is 11.4 Å². The molecule has 0 spiro atoms. The van der Waals surface area contributed by atoms with E-state index in [0.29, 0.717) is 5.02 Å². The molecule has 1 aliphatic carbocycles. The molecule has 0 amide bonds. The first-order valence-corrected chi connectivity index (χ1v) is 6.99. The second-order valence-electron chi connectivity index (χ2n) is 4.51. The van der Waals surface area contributed by atoms with Crippen LogP contribution in [0.4, 0.5) is 0 Å². The van der Waals surface area contributed by atoms with Crippen LogP contribution >= 0.6 is 22.9 Å². The van der Waals surface area contributed by atoms with E-state index in [4.69, 9.17) is 11.6 Å². The third kappa shape index (κ3) is 2.01. The van der Waals surface area contributed by atoms with E-state index < -0.39 is 6.10 Å². The summed E-state index contributed by atoms with van der Waals surface area (Å²) in [4.78, 5) is 0.907.